The SMILES string of the molecule is Cn1c(CO)nnc1C1CCN(C[C@@H]2CCOc3ccccc3C2)CC1. The van der Waals surface area contributed by atoms with Crippen LogP contribution in [0, 0.1) is 5.92 Å². The van der Waals surface area contributed by atoms with Crippen molar-refractivity contribution in [2.45, 2.75) is 38.2 Å². The van der Waals surface area contributed by atoms with E-state index in [9.17, 15) is 5.11 Å². The van der Waals surface area contributed by atoms with Gasteiger partial charge in [-0.05, 0) is 56.3 Å². The summed E-state index contributed by atoms with van der Waals surface area (Å²) in [5.41, 5.74) is 1.35. The van der Waals surface area contributed by atoms with E-state index < -0.39 is 0 Å². The molecule has 6 nitrogen and oxygen atoms in total. The number of benzene rings is 1. The van der Waals surface area contributed by atoms with Crippen molar-refractivity contribution >= 4 is 0 Å². The molecule has 1 N–H and O–H groups in total. The number of piperidine rings is 1. The van der Waals surface area contributed by atoms with Crippen LogP contribution in [0.15, 0.2) is 24.3 Å². The summed E-state index contributed by atoms with van der Waals surface area (Å²) >= 11 is 0. The fourth-order valence-corrected chi connectivity index (χ4v) is 4.33. The Balaban J connectivity index is 1.33. The highest BCUT2D eigenvalue weighted by Crippen LogP contribution is 2.30. The average Bonchev–Trinajstić information content (AvgIpc) is 2.91. The predicted octanol–water partition coefficient (Wildman–Crippen LogP) is 2.13. The molecule has 3 heterocycles. The van der Waals surface area contributed by atoms with Gasteiger partial charge in [0.25, 0.3) is 0 Å². The summed E-state index contributed by atoms with van der Waals surface area (Å²) < 4.78 is 7.87. The number of fused-ring (bicyclic) bond motifs is 1. The van der Waals surface area contributed by atoms with Crippen LogP contribution in [0.5, 0.6) is 5.75 Å². The highest BCUT2D eigenvalue weighted by Gasteiger charge is 2.27. The normalized spacial score (nSPS) is 21.8. The largest absolute Gasteiger partial charge is 0.493 e. The van der Waals surface area contributed by atoms with Gasteiger partial charge in [0.2, 0.25) is 0 Å². The minimum Gasteiger partial charge on any atom is -0.493 e. The van der Waals surface area contributed by atoms with Crippen molar-refractivity contribution in [1.29, 1.82) is 0 Å². The molecule has 1 fully saturated rings. The third-order valence-corrected chi connectivity index (χ3v) is 5.87. The van der Waals surface area contributed by atoms with E-state index >= 15 is 0 Å². The lowest BCUT2D eigenvalue weighted by Crippen LogP contribution is -2.37. The molecule has 0 aliphatic carbocycles. The van der Waals surface area contributed by atoms with Crippen LogP contribution in [-0.2, 0) is 20.1 Å². The second-order valence-corrected chi connectivity index (χ2v) is 7.58. The first-order valence-corrected chi connectivity index (χ1v) is 9.66. The van der Waals surface area contributed by atoms with Crippen LogP contribution >= 0.6 is 0 Å². The van der Waals surface area contributed by atoms with Crippen molar-refractivity contribution in [1.82, 2.24) is 19.7 Å². The summed E-state index contributed by atoms with van der Waals surface area (Å²) in [5.74, 6) is 3.84. The van der Waals surface area contributed by atoms with Gasteiger partial charge in [0.1, 0.15) is 18.2 Å². The van der Waals surface area contributed by atoms with E-state index in [-0.39, 0.29) is 6.61 Å². The summed E-state index contributed by atoms with van der Waals surface area (Å²) in [6.07, 6.45) is 4.45. The van der Waals surface area contributed by atoms with Gasteiger partial charge in [0.15, 0.2) is 5.82 Å². The Morgan fingerprint density at radius 2 is 1.96 bits per heavy atom. The van der Waals surface area contributed by atoms with Gasteiger partial charge in [0, 0.05) is 19.5 Å². The molecule has 4 rings (SSSR count). The van der Waals surface area contributed by atoms with Crippen LogP contribution in [0.2, 0.25) is 0 Å². The van der Waals surface area contributed by atoms with E-state index in [0.29, 0.717) is 17.7 Å². The first-order valence-electron chi connectivity index (χ1n) is 9.66. The van der Waals surface area contributed by atoms with E-state index in [4.69, 9.17) is 4.74 Å². The quantitative estimate of drug-likeness (QED) is 0.909. The molecule has 0 radical (unpaired) electrons. The Bertz CT molecular complexity index is 737. The average molecular weight is 356 g/mol. The zero-order valence-electron chi connectivity index (χ0n) is 15.5. The Morgan fingerprint density at radius 1 is 1.15 bits per heavy atom. The number of hydrogen-bond donors (Lipinski definition) is 1. The molecule has 26 heavy (non-hydrogen) atoms. The molecule has 0 spiro atoms. The summed E-state index contributed by atoms with van der Waals surface area (Å²) in [5, 5.41) is 17.7. The summed E-state index contributed by atoms with van der Waals surface area (Å²) in [6.45, 7) is 4.12. The van der Waals surface area contributed by atoms with Gasteiger partial charge in [-0.1, -0.05) is 18.2 Å². The maximum Gasteiger partial charge on any atom is 0.158 e. The molecule has 2 aromatic rings. The number of hydrogen-bond acceptors (Lipinski definition) is 5. The smallest absolute Gasteiger partial charge is 0.158 e. The van der Waals surface area contributed by atoms with Gasteiger partial charge < -0.3 is 19.3 Å². The van der Waals surface area contributed by atoms with Crippen LogP contribution < -0.4 is 4.74 Å². The van der Waals surface area contributed by atoms with Gasteiger partial charge in [-0.3, -0.25) is 0 Å². The van der Waals surface area contributed by atoms with E-state index in [1.54, 1.807) is 0 Å². The van der Waals surface area contributed by atoms with Gasteiger partial charge in [-0.25, -0.2) is 0 Å². The number of likely N-dealkylation sites (tertiary alicyclic amines) is 1. The molecular formula is C20H28N4O2. The van der Waals surface area contributed by atoms with E-state index in [1.165, 1.54) is 5.56 Å². The predicted molar refractivity (Wildman–Crippen MR) is 99.1 cm³/mol. The second kappa shape index (κ2) is 7.76. The molecular weight excluding hydrogens is 328 g/mol. The van der Waals surface area contributed by atoms with Crippen LogP contribution in [0.3, 0.4) is 0 Å². The minimum atomic E-state index is -0.0480. The first kappa shape index (κ1) is 17.5. The molecule has 0 unspecified atom stereocenters. The fraction of sp³-hybridized carbons (Fsp3) is 0.600. The minimum absolute atomic E-state index is 0.0480. The van der Waals surface area contributed by atoms with E-state index in [0.717, 1.165) is 63.5 Å². The Labute approximate surface area is 154 Å². The molecule has 2 aliphatic rings. The van der Waals surface area contributed by atoms with Gasteiger partial charge in [-0.2, -0.15) is 0 Å². The van der Waals surface area contributed by atoms with Crippen LogP contribution in [0.1, 0.15) is 42.4 Å². The lowest BCUT2D eigenvalue weighted by atomic mass is 9.92. The zero-order chi connectivity index (χ0) is 17.9. The third-order valence-electron chi connectivity index (χ3n) is 5.87. The van der Waals surface area contributed by atoms with Crippen molar-refractivity contribution in [3.8, 4) is 5.75 Å². The molecule has 0 saturated carbocycles. The van der Waals surface area contributed by atoms with Crippen molar-refractivity contribution in [3.63, 3.8) is 0 Å². The third kappa shape index (κ3) is 3.62. The van der Waals surface area contributed by atoms with Crippen LogP contribution in [0.4, 0.5) is 0 Å². The zero-order valence-corrected chi connectivity index (χ0v) is 15.5. The number of aromatic nitrogens is 3. The van der Waals surface area contributed by atoms with Crippen molar-refractivity contribution in [2.75, 3.05) is 26.2 Å². The number of aliphatic hydroxyl groups is 1. The number of aliphatic hydroxyl groups excluding tert-OH is 1. The number of para-hydroxylation sites is 1. The van der Waals surface area contributed by atoms with E-state index in [2.05, 4.69) is 39.4 Å². The molecule has 1 saturated heterocycles. The number of rotatable bonds is 4. The van der Waals surface area contributed by atoms with Crippen LogP contribution in [0.25, 0.3) is 0 Å². The highest BCUT2D eigenvalue weighted by molar-refractivity contribution is 5.34. The molecule has 1 aromatic heterocycles. The Kier molecular flexibility index (Phi) is 5.22. The lowest BCUT2D eigenvalue weighted by Gasteiger charge is -2.33. The topological polar surface area (TPSA) is 63.4 Å². The Hall–Kier alpha value is -1.92. The Morgan fingerprint density at radius 3 is 2.73 bits per heavy atom. The van der Waals surface area contributed by atoms with Crippen LogP contribution in [-0.4, -0.2) is 51.0 Å². The summed E-state index contributed by atoms with van der Waals surface area (Å²) in [6, 6.07) is 8.45. The molecule has 0 bridgehead atoms. The number of nitrogens with zero attached hydrogens (tertiary/aromatic N) is 4. The molecule has 1 aromatic carbocycles. The standard InChI is InChI=1S/C20H28N4O2/c1-23-19(14-25)21-22-20(23)16-6-9-24(10-7-16)13-15-8-11-26-18-5-3-2-4-17(18)12-15/h2-5,15-16,25H,6-14H2,1H3/t15-/m1/s1. The molecule has 140 valence electrons. The number of ether oxygens (including phenoxy) is 1. The molecule has 2 aliphatic heterocycles. The first-order chi connectivity index (χ1) is 12.7. The van der Waals surface area contributed by atoms with Gasteiger partial charge in [-0.15, -0.1) is 10.2 Å². The highest BCUT2D eigenvalue weighted by atomic mass is 16.5. The summed E-state index contributed by atoms with van der Waals surface area (Å²) in [7, 11) is 1.95. The van der Waals surface area contributed by atoms with Crippen molar-refractivity contribution < 1.29 is 9.84 Å². The molecule has 1 atom stereocenters. The maximum atomic E-state index is 9.31. The lowest BCUT2D eigenvalue weighted by molar-refractivity contribution is 0.169. The van der Waals surface area contributed by atoms with E-state index in [1.807, 2.05) is 11.6 Å². The van der Waals surface area contributed by atoms with Crippen molar-refractivity contribution in [3.05, 3.63) is 41.5 Å². The maximum absolute atomic E-state index is 9.31. The molecule has 0 amide bonds. The van der Waals surface area contributed by atoms with Gasteiger partial charge in [0.05, 0.1) is 6.61 Å². The van der Waals surface area contributed by atoms with Crippen molar-refractivity contribution in [2.24, 2.45) is 13.0 Å². The monoisotopic (exact) mass is 356 g/mol. The fourth-order valence-electron chi connectivity index (χ4n) is 4.33. The summed E-state index contributed by atoms with van der Waals surface area (Å²) in [4.78, 5) is 2.60. The second-order valence-electron chi connectivity index (χ2n) is 7.58. The van der Waals surface area contributed by atoms with Gasteiger partial charge >= 0.3 is 0 Å². The molecule has 6 heteroatoms.